The van der Waals surface area contributed by atoms with E-state index in [1.807, 2.05) is 20.8 Å². The summed E-state index contributed by atoms with van der Waals surface area (Å²) in [6, 6.07) is 0. The molecule has 0 bridgehead atoms. The van der Waals surface area contributed by atoms with Crippen molar-refractivity contribution in [3.8, 4) is 0 Å². The van der Waals surface area contributed by atoms with Crippen LogP contribution in [0.15, 0.2) is 11.1 Å². The lowest BCUT2D eigenvalue weighted by atomic mass is 9.95. The number of hydrogen-bond acceptors (Lipinski definition) is 6. The Morgan fingerprint density at radius 3 is 2.33 bits per heavy atom. The van der Waals surface area contributed by atoms with Crippen molar-refractivity contribution in [1.82, 2.24) is 0 Å². The molecule has 1 fully saturated rings. The van der Waals surface area contributed by atoms with Crippen LogP contribution in [0.4, 0.5) is 8.78 Å². The van der Waals surface area contributed by atoms with Gasteiger partial charge >= 0.3 is 11.9 Å². The number of ketones is 2. The second-order valence-corrected chi connectivity index (χ2v) is 11.7. The number of rotatable bonds is 21. The van der Waals surface area contributed by atoms with Gasteiger partial charge in [-0.15, -0.1) is 0 Å². The first-order valence-electron chi connectivity index (χ1n) is 15.8. The minimum absolute atomic E-state index is 0.00162. The molecular formula is C32H52F2O6. The summed E-state index contributed by atoms with van der Waals surface area (Å²) in [6.07, 6.45) is 10.7. The first kappa shape index (κ1) is 34.5. The van der Waals surface area contributed by atoms with Crippen LogP contribution in [0.25, 0.3) is 0 Å². The molecule has 1 heterocycles. The molecule has 6 nitrogen and oxygen atoms in total. The zero-order valence-electron chi connectivity index (χ0n) is 25.1. The fourth-order valence-corrected chi connectivity index (χ4v) is 5.48. The number of esters is 1. The van der Waals surface area contributed by atoms with Crippen LogP contribution < -0.4 is 0 Å². The van der Waals surface area contributed by atoms with E-state index in [9.17, 15) is 23.2 Å². The third-order valence-corrected chi connectivity index (χ3v) is 7.74. The van der Waals surface area contributed by atoms with Crippen LogP contribution >= 0.6 is 0 Å². The first-order valence-corrected chi connectivity index (χ1v) is 15.8. The minimum atomic E-state index is -3.33. The molecule has 0 aromatic rings. The third kappa shape index (κ3) is 12.9. The van der Waals surface area contributed by atoms with Crippen molar-refractivity contribution in [2.24, 2.45) is 0 Å². The maximum atomic E-state index is 14.5. The first-order chi connectivity index (χ1) is 19.1. The predicted octanol–water partition coefficient (Wildman–Crippen LogP) is 8.20. The Bertz CT molecular complexity index is 816. The van der Waals surface area contributed by atoms with Gasteiger partial charge in [-0.25, -0.2) is 0 Å². The Morgan fingerprint density at radius 1 is 0.950 bits per heavy atom. The number of allylic oxidation sites excluding steroid dienone is 1. The van der Waals surface area contributed by atoms with Crippen molar-refractivity contribution in [2.45, 2.75) is 167 Å². The summed E-state index contributed by atoms with van der Waals surface area (Å²) in [4.78, 5) is 37.1. The topological polar surface area (TPSA) is 78.9 Å². The molecule has 2 rings (SSSR count). The van der Waals surface area contributed by atoms with Crippen molar-refractivity contribution in [1.29, 1.82) is 0 Å². The molecule has 0 saturated carbocycles. The van der Waals surface area contributed by atoms with E-state index in [-0.39, 0.29) is 37.1 Å². The molecule has 0 amide bonds. The summed E-state index contributed by atoms with van der Waals surface area (Å²) in [5, 5.41) is 0. The van der Waals surface area contributed by atoms with Crippen molar-refractivity contribution < 1.29 is 37.4 Å². The van der Waals surface area contributed by atoms with Crippen molar-refractivity contribution in [2.75, 3.05) is 6.61 Å². The van der Waals surface area contributed by atoms with Gasteiger partial charge in [-0.1, -0.05) is 51.9 Å². The Morgan fingerprint density at radius 2 is 1.65 bits per heavy atom. The van der Waals surface area contributed by atoms with Crippen LogP contribution in [0.2, 0.25) is 0 Å². The standard InChI is InChI=1S/C32H52F2O6/c1-4-5-6-14-21-32(33,34)29(36)20-19-26-25(27(35)23-28(26)40-31-18-13-15-22-38-31)16-11-9-7-8-10-12-17-30(37)39-24(2)3/h24,28,31H,4-23H2,1-3H3. The Kier molecular flexibility index (Phi) is 16.1. The van der Waals surface area contributed by atoms with E-state index < -0.39 is 30.5 Å². The lowest BCUT2D eigenvalue weighted by Gasteiger charge is -2.27. The fourth-order valence-electron chi connectivity index (χ4n) is 5.48. The van der Waals surface area contributed by atoms with E-state index in [1.54, 1.807) is 0 Å². The molecule has 1 aliphatic heterocycles. The molecule has 0 aromatic heterocycles. The average molecular weight is 571 g/mol. The summed E-state index contributed by atoms with van der Waals surface area (Å²) in [5.41, 5.74) is 1.38. The van der Waals surface area contributed by atoms with E-state index in [2.05, 4.69) is 0 Å². The predicted molar refractivity (Wildman–Crippen MR) is 151 cm³/mol. The highest BCUT2D eigenvalue weighted by molar-refractivity contribution is 5.99. The lowest BCUT2D eigenvalue weighted by molar-refractivity contribution is -0.180. The SMILES string of the molecule is CCCCCCC(F)(F)C(=O)CCC1=C(CCCCCCCCC(=O)OC(C)C)C(=O)CC1OC1CCCCO1. The smallest absolute Gasteiger partial charge is 0.306 e. The molecular weight excluding hydrogens is 518 g/mol. The van der Waals surface area contributed by atoms with Crippen molar-refractivity contribution >= 4 is 17.5 Å². The number of Topliss-reactive ketones (excluding diaryl/α,β-unsaturated/α-hetero) is 2. The van der Waals surface area contributed by atoms with Gasteiger partial charge in [0.1, 0.15) is 0 Å². The summed E-state index contributed by atoms with van der Waals surface area (Å²) >= 11 is 0. The minimum Gasteiger partial charge on any atom is -0.463 e. The number of alkyl halides is 2. The maximum Gasteiger partial charge on any atom is 0.306 e. The van der Waals surface area contributed by atoms with E-state index in [1.165, 1.54) is 0 Å². The average Bonchev–Trinajstić information content (AvgIpc) is 3.20. The monoisotopic (exact) mass is 570 g/mol. The maximum absolute atomic E-state index is 14.5. The number of halogens is 2. The van der Waals surface area contributed by atoms with Crippen LogP contribution in [-0.4, -0.2) is 48.6 Å². The van der Waals surface area contributed by atoms with Gasteiger partial charge in [0, 0.05) is 32.3 Å². The van der Waals surface area contributed by atoms with E-state index in [0.717, 1.165) is 76.2 Å². The van der Waals surface area contributed by atoms with Gasteiger partial charge in [0.2, 0.25) is 5.78 Å². The molecule has 0 radical (unpaired) electrons. The Hall–Kier alpha value is -1.67. The van der Waals surface area contributed by atoms with Crippen LogP contribution in [0, 0.1) is 0 Å². The second-order valence-electron chi connectivity index (χ2n) is 11.7. The third-order valence-electron chi connectivity index (χ3n) is 7.74. The van der Waals surface area contributed by atoms with Crippen LogP contribution in [0.5, 0.6) is 0 Å². The molecule has 2 aliphatic rings. The molecule has 0 spiro atoms. The van der Waals surface area contributed by atoms with E-state index >= 15 is 0 Å². The van der Waals surface area contributed by atoms with Gasteiger partial charge in [0.25, 0.3) is 0 Å². The van der Waals surface area contributed by atoms with Gasteiger partial charge in [0.15, 0.2) is 12.1 Å². The molecule has 1 aliphatic carbocycles. The number of carbonyl (C=O) groups is 3. The normalized spacial score (nSPS) is 20.0. The molecule has 1 saturated heterocycles. The summed E-state index contributed by atoms with van der Waals surface area (Å²) in [7, 11) is 0. The van der Waals surface area contributed by atoms with E-state index in [4.69, 9.17) is 14.2 Å². The van der Waals surface area contributed by atoms with Crippen LogP contribution in [0.3, 0.4) is 0 Å². The zero-order chi connectivity index (χ0) is 29.4. The van der Waals surface area contributed by atoms with E-state index in [0.29, 0.717) is 37.9 Å². The highest BCUT2D eigenvalue weighted by Crippen LogP contribution is 2.36. The van der Waals surface area contributed by atoms with Crippen molar-refractivity contribution in [3.05, 3.63) is 11.1 Å². The molecule has 0 aromatic carbocycles. The molecule has 0 N–H and O–H groups in total. The highest BCUT2D eigenvalue weighted by atomic mass is 19.3. The second kappa shape index (κ2) is 18.7. The van der Waals surface area contributed by atoms with Gasteiger partial charge in [-0.05, 0) is 76.4 Å². The number of ether oxygens (including phenoxy) is 3. The summed E-state index contributed by atoms with van der Waals surface area (Å²) < 4.78 is 46.1. The Labute approximate surface area is 240 Å². The summed E-state index contributed by atoms with van der Waals surface area (Å²) in [6.45, 7) is 6.31. The van der Waals surface area contributed by atoms with Gasteiger partial charge in [0.05, 0.1) is 12.2 Å². The number of carbonyl (C=O) groups excluding carboxylic acids is 3. The van der Waals surface area contributed by atoms with Crippen molar-refractivity contribution in [3.63, 3.8) is 0 Å². The quantitative estimate of drug-likeness (QED) is 0.102. The van der Waals surface area contributed by atoms with Gasteiger partial charge in [-0.3, -0.25) is 14.4 Å². The number of hydrogen-bond donors (Lipinski definition) is 0. The lowest BCUT2D eigenvalue weighted by Crippen LogP contribution is -2.30. The van der Waals surface area contributed by atoms with Gasteiger partial charge in [-0.2, -0.15) is 8.78 Å². The zero-order valence-corrected chi connectivity index (χ0v) is 25.1. The molecule has 40 heavy (non-hydrogen) atoms. The largest absolute Gasteiger partial charge is 0.463 e. The molecule has 230 valence electrons. The molecule has 2 atom stereocenters. The molecule has 8 heteroatoms. The van der Waals surface area contributed by atoms with Gasteiger partial charge < -0.3 is 14.2 Å². The molecule has 2 unspecified atom stereocenters. The Balaban J connectivity index is 1.89. The highest BCUT2D eigenvalue weighted by Gasteiger charge is 2.39. The fraction of sp³-hybridized carbons (Fsp3) is 0.844. The van der Waals surface area contributed by atoms with Crippen LogP contribution in [-0.2, 0) is 28.6 Å². The number of unbranched alkanes of at least 4 members (excludes halogenated alkanes) is 8. The van der Waals surface area contributed by atoms with Crippen LogP contribution in [0.1, 0.15) is 143 Å². The summed E-state index contributed by atoms with van der Waals surface area (Å²) in [5.74, 6) is -4.53.